The van der Waals surface area contributed by atoms with Crippen LogP contribution in [0.1, 0.15) is 30.5 Å². The Kier molecular flexibility index (Phi) is 5.63. The van der Waals surface area contributed by atoms with Gasteiger partial charge in [-0.2, -0.15) is 5.26 Å². The molecular formula is C17H19NO. The molecule has 2 heteroatoms. The molecule has 0 bridgehead atoms. The van der Waals surface area contributed by atoms with Crippen molar-refractivity contribution in [3.05, 3.63) is 59.2 Å². The normalized spacial score (nSPS) is 9.00. The summed E-state index contributed by atoms with van der Waals surface area (Å²) in [6, 6.07) is 15.3. The molecule has 2 aromatic rings. The van der Waals surface area contributed by atoms with Crippen molar-refractivity contribution in [2.45, 2.75) is 27.7 Å². The van der Waals surface area contributed by atoms with Gasteiger partial charge in [0.05, 0.1) is 11.6 Å². The summed E-state index contributed by atoms with van der Waals surface area (Å²) in [4.78, 5) is 0. The van der Waals surface area contributed by atoms with Crippen molar-refractivity contribution in [3.63, 3.8) is 0 Å². The molecule has 0 atom stereocenters. The maximum atomic E-state index is 8.71. The van der Waals surface area contributed by atoms with Crippen LogP contribution in [-0.4, -0.2) is 0 Å². The molecule has 19 heavy (non-hydrogen) atoms. The van der Waals surface area contributed by atoms with Crippen molar-refractivity contribution in [3.8, 4) is 17.6 Å². The largest absolute Gasteiger partial charge is 0.457 e. The second kappa shape index (κ2) is 7.23. The van der Waals surface area contributed by atoms with Gasteiger partial charge in [0, 0.05) is 0 Å². The molecule has 0 aliphatic rings. The Bertz CT molecular complexity index is 565. The maximum absolute atomic E-state index is 8.71. The average Bonchev–Trinajstić information content (AvgIpc) is 2.46. The van der Waals surface area contributed by atoms with Crippen molar-refractivity contribution in [2.24, 2.45) is 0 Å². The second-order valence-electron chi connectivity index (χ2n) is 4.01. The quantitative estimate of drug-likeness (QED) is 0.755. The van der Waals surface area contributed by atoms with E-state index in [2.05, 4.69) is 12.1 Å². The summed E-state index contributed by atoms with van der Waals surface area (Å²) in [7, 11) is 0. The summed E-state index contributed by atoms with van der Waals surface area (Å²) in [6.45, 7) is 8.05. The molecule has 2 nitrogen and oxygen atoms in total. The number of ether oxygens (including phenoxy) is 1. The van der Waals surface area contributed by atoms with Crippen LogP contribution >= 0.6 is 0 Å². The first-order valence-corrected chi connectivity index (χ1v) is 6.44. The fourth-order valence-electron chi connectivity index (χ4n) is 1.54. The van der Waals surface area contributed by atoms with E-state index in [-0.39, 0.29) is 0 Å². The van der Waals surface area contributed by atoms with Crippen LogP contribution in [0.2, 0.25) is 0 Å². The van der Waals surface area contributed by atoms with Crippen LogP contribution in [0.25, 0.3) is 0 Å². The monoisotopic (exact) mass is 253 g/mol. The highest BCUT2D eigenvalue weighted by Crippen LogP contribution is 2.25. The summed E-state index contributed by atoms with van der Waals surface area (Å²) in [5, 5.41) is 8.71. The molecular weight excluding hydrogens is 234 g/mol. The van der Waals surface area contributed by atoms with Gasteiger partial charge < -0.3 is 4.74 Å². The third kappa shape index (κ3) is 4.15. The molecule has 0 unspecified atom stereocenters. The number of nitrogens with zero attached hydrogens (tertiary/aromatic N) is 1. The van der Waals surface area contributed by atoms with Gasteiger partial charge in [-0.15, -0.1) is 0 Å². The van der Waals surface area contributed by atoms with Crippen molar-refractivity contribution in [1.29, 1.82) is 5.26 Å². The lowest BCUT2D eigenvalue weighted by atomic mass is 10.1. The maximum Gasteiger partial charge on any atom is 0.130 e. The molecule has 0 aliphatic carbocycles. The molecule has 98 valence electrons. The summed E-state index contributed by atoms with van der Waals surface area (Å²) in [6.07, 6.45) is 0. The second-order valence-corrected chi connectivity index (χ2v) is 4.01. The van der Waals surface area contributed by atoms with Gasteiger partial charge in [0.25, 0.3) is 0 Å². The number of nitriles is 1. The van der Waals surface area contributed by atoms with E-state index in [4.69, 9.17) is 10.00 Å². The van der Waals surface area contributed by atoms with E-state index >= 15 is 0 Å². The molecule has 0 spiro atoms. The summed E-state index contributed by atoms with van der Waals surface area (Å²) in [5.41, 5.74) is 2.90. The van der Waals surface area contributed by atoms with Crippen LogP contribution in [0.4, 0.5) is 0 Å². The van der Waals surface area contributed by atoms with Crippen molar-refractivity contribution in [2.75, 3.05) is 0 Å². The fourth-order valence-corrected chi connectivity index (χ4v) is 1.54. The Morgan fingerprint density at radius 1 is 0.947 bits per heavy atom. The van der Waals surface area contributed by atoms with Crippen LogP contribution in [0.5, 0.6) is 11.5 Å². The highest BCUT2D eigenvalue weighted by molar-refractivity contribution is 5.41. The van der Waals surface area contributed by atoms with Crippen LogP contribution in [0.15, 0.2) is 42.5 Å². The van der Waals surface area contributed by atoms with Crippen molar-refractivity contribution < 1.29 is 4.74 Å². The Hall–Kier alpha value is -2.27. The first kappa shape index (κ1) is 14.8. The minimum atomic E-state index is 0.637. The Morgan fingerprint density at radius 3 is 2.16 bits per heavy atom. The highest BCUT2D eigenvalue weighted by atomic mass is 16.5. The standard InChI is InChI=1S/C15H13NO.C2H6/c1-11-3-4-12(2)15(9-11)17-14-7-5-13(10-16)6-8-14;1-2/h3-9H,1-2H3;1-2H3. The molecule has 0 N–H and O–H groups in total. The highest BCUT2D eigenvalue weighted by Gasteiger charge is 2.01. The average molecular weight is 253 g/mol. The van der Waals surface area contributed by atoms with E-state index in [1.807, 2.05) is 39.8 Å². The van der Waals surface area contributed by atoms with Gasteiger partial charge in [-0.3, -0.25) is 0 Å². The zero-order valence-corrected chi connectivity index (χ0v) is 11.9. The molecule has 0 amide bonds. The van der Waals surface area contributed by atoms with Crippen LogP contribution in [-0.2, 0) is 0 Å². The summed E-state index contributed by atoms with van der Waals surface area (Å²) in [5.74, 6) is 1.60. The third-order valence-corrected chi connectivity index (χ3v) is 2.55. The molecule has 0 radical (unpaired) electrons. The molecule has 0 aromatic heterocycles. The first-order valence-electron chi connectivity index (χ1n) is 6.44. The lowest BCUT2D eigenvalue weighted by molar-refractivity contribution is 0.478. The van der Waals surface area contributed by atoms with E-state index < -0.39 is 0 Å². The van der Waals surface area contributed by atoms with Gasteiger partial charge >= 0.3 is 0 Å². The molecule has 0 saturated carbocycles. The smallest absolute Gasteiger partial charge is 0.130 e. The lowest BCUT2D eigenvalue weighted by Crippen LogP contribution is -1.88. The van der Waals surface area contributed by atoms with Gasteiger partial charge in [0.15, 0.2) is 0 Å². The lowest BCUT2D eigenvalue weighted by Gasteiger charge is -2.09. The van der Waals surface area contributed by atoms with E-state index in [9.17, 15) is 0 Å². The zero-order valence-electron chi connectivity index (χ0n) is 11.9. The van der Waals surface area contributed by atoms with Gasteiger partial charge in [-0.1, -0.05) is 26.0 Å². The topological polar surface area (TPSA) is 33.0 Å². The van der Waals surface area contributed by atoms with E-state index in [1.54, 1.807) is 24.3 Å². The molecule has 2 rings (SSSR count). The van der Waals surface area contributed by atoms with Crippen LogP contribution in [0.3, 0.4) is 0 Å². The number of aryl methyl sites for hydroxylation is 2. The van der Waals surface area contributed by atoms with Gasteiger partial charge in [0.1, 0.15) is 11.5 Å². The van der Waals surface area contributed by atoms with E-state index in [0.717, 1.165) is 17.1 Å². The number of hydrogen-bond donors (Lipinski definition) is 0. The fraction of sp³-hybridized carbons (Fsp3) is 0.235. The number of benzene rings is 2. The third-order valence-electron chi connectivity index (χ3n) is 2.55. The molecule has 0 heterocycles. The Balaban J connectivity index is 0.000000861. The Morgan fingerprint density at radius 2 is 1.58 bits per heavy atom. The van der Waals surface area contributed by atoms with Crippen molar-refractivity contribution >= 4 is 0 Å². The molecule has 2 aromatic carbocycles. The van der Waals surface area contributed by atoms with E-state index in [1.165, 1.54) is 5.56 Å². The number of hydrogen-bond acceptors (Lipinski definition) is 2. The molecule has 0 aliphatic heterocycles. The SMILES string of the molecule is CC.Cc1ccc(C)c(Oc2ccc(C#N)cc2)c1. The predicted octanol–water partition coefficient (Wildman–Crippen LogP) is 4.99. The Labute approximate surface area is 115 Å². The van der Waals surface area contributed by atoms with Crippen molar-refractivity contribution in [1.82, 2.24) is 0 Å². The summed E-state index contributed by atoms with van der Waals surface area (Å²) < 4.78 is 5.78. The minimum Gasteiger partial charge on any atom is -0.457 e. The first-order chi connectivity index (χ1) is 9.19. The predicted molar refractivity (Wildman–Crippen MR) is 78.5 cm³/mol. The summed E-state index contributed by atoms with van der Waals surface area (Å²) >= 11 is 0. The van der Waals surface area contributed by atoms with Gasteiger partial charge in [-0.25, -0.2) is 0 Å². The van der Waals surface area contributed by atoms with E-state index in [0.29, 0.717) is 5.56 Å². The minimum absolute atomic E-state index is 0.637. The van der Waals surface area contributed by atoms with Gasteiger partial charge in [0.2, 0.25) is 0 Å². The van der Waals surface area contributed by atoms with Gasteiger partial charge in [-0.05, 0) is 55.3 Å². The molecule has 0 saturated heterocycles. The van der Waals surface area contributed by atoms with Crippen LogP contribution in [0, 0.1) is 25.2 Å². The number of rotatable bonds is 2. The van der Waals surface area contributed by atoms with Crippen LogP contribution < -0.4 is 4.74 Å². The molecule has 0 fully saturated rings. The zero-order chi connectivity index (χ0) is 14.3.